The number of fused-ring (bicyclic) bond motifs is 4. The average Bonchev–Trinajstić information content (AvgIpc) is 3.07. The third-order valence-electron chi connectivity index (χ3n) is 4.81. The van der Waals surface area contributed by atoms with E-state index in [1.54, 1.807) is 17.7 Å². The summed E-state index contributed by atoms with van der Waals surface area (Å²) in [6.07, 6.45) is 10.3. The first-order chi connectivity index (χ1) is 12.9. The number of hydrogen-bond donors (Lipinski definition) is 1. The zero-order valence-corrected chi connectivity index (χ0v) is 15.1. The predicted octanol–water partition coefficient (Wildman–Crippen LogP) is 4.44. The lowest BCUT2D eigenvalue weighted by Crippen LogP contribution is -2.08. The Morgan fingerprint density at radius 2 is 2.08 bits per heavy atom. The normalized spacial score (nSPS) is 16.1. The highest BCUT2D eigenvalue weighted by atomic mass is 32.1. The number of hydrazone groups is 1. The molecule has 2 aliphatic rings. The summed E-state index contributed by atoms with van der Waals surface area (Å²) in [4.78, 5) is 11.4. The molecule has 26 heavy (non-hydrogen) atoms. The van der Waals surface area contributed by atoms with Crippen LogP contribution >= 0.6 is 11.3 Å². The van der Waals surface area contributed by atoms with Crippen LogP contribution in [0.2, 0.25) is 0 Å². The highest BCUT2D eigenvalue weighted by Crippen LogP contribution is 2.38. The van der Waals surface area contributed by atoms with Crippen molar-refractivity contribution in [2.75, 3.05) is 12.0 Å². The fourth-order valence-electron chi connectivity index (χ4n) is 3.56. The average molecular weight is 362 g/mol. The van der Waals surface area contributed by atoms with Crippen LogP contribution in [0.3, 0.4) is 0 Å². The van der Waals surface area contributed by atoms with Gasteiger partial charge in [-0.2, -0.15) is 5.10 Å². The topological polar surface area (TPSA) is 59.4 Å². The fourth-order valence-corrected chi connectivity index (χ4v) is 4.79. The second-order valence-electron chi connectivity index (χ2n) is 6.53. The van der Waals surface area contributed by atoms with Crippen LogP contribution in [0.25, 0.3) is 16.3 Å². The van der Waals surface area contributed by atoms with Crippen molar-refractivity contribution in [2.45, 2.75) is 25.7 Å². The van der Waals surface area contributed by atoms with E-state index in [-0.39, 0.29) is 0 Å². The van der Waals surface area contributed by atoms with Crippen LogP contribution in [0.4, 0.5) is 5.82 Å². The lowest BCUT2D eigenvalue weighted by molar-refractivity contribution is 0.353. The van der Waals surface area contributed by atoms with Gasteiger partial charge in [0, 0.05) is 16.0 Å². The van der Waals surface area contributed by atoms with Gasteiger partial charge in [-0.3, -0.25) is 5.43 Å². The highest BCUT2D eigenvalue weighted by molar-refractivity contribution is 7.19. The largest absolute Gasteiger partial charge is 0.488 e. The maximum absolute atomic E-state index is 5.76. The number of aromatic nitrogens is 2. The van der Waals surface area contributed by atoms with E-state index in [1.807, 2.05) is 30.5 Å². The Labute approximate surface area is 155 Å². The first-order valence-electron chi connectivity index (χ1n) is 8.85. The molecule has 0 amide bonds. The van der Waals surface area contributed by atoms with Crippen molar-refractivity contribution in [3.05, 3.63) is 52.2 Å². The van der Waals surface area contributed by atoms with E-state index < -0.39 is 0 Å². The second kappa shape index (κ2) is 6.53. The number of thiophene rings is 1. The fraction of sp³-hybridized carbons (Fsp3) is 0.250. The van der Waals surface area contributed by atoms with Crippen molar-refractivity contribution >= 4 is 39.7 Å². The van der Waals surface area contributed by atoms with E-state index in [9.17, 15) is 0 Å². The van der Waals surface area contributed by atoms with Crippen LogP contribution in [0.1, 0.15) is 28.8 Å². The monoisotopic (exact) mass is 362 g/mol. The zero-order chi connectivity index (χ0) is 17.3. The Kier molecular flexibility index (Phi) is 3.90. The molecule has 1 aliphatic heterocycles. The van der Waals surface area contributed by atoms with Gasteiger partial charge >= 0.3 is 0 Å². The van der Waals surface area contributed by atoms with Crippen molar-refractivity contribution in [3.63, 3.8) is 0 Å². The quantitative estimate of drug-likeness (QED) is 0.553. The number of rotatable bonds is 3. The minimum atomic E-state index is 0.523. The predicted molar refractivity (Wildman–Crippen MR) is 106 cm³/mol. The van der Waals surface area contributed by atoms with Crippen LogP contribution in [0.5, 0.6) is 5.75 Å². The molecule has 3 aromatic rings. The number of anilines is 1. The molecular formula is C20H18N4OS. The number of nitrogens with one attached hydrogen (secondary N) is 1. The van der Waals surface area contributed by atoms with E-state index >= 15 is 0 Å². The molecule has 2 aromatic heterocycles. The molecule has 0 saturated carbocycles. The van der Waals surface area contributed by atoms with Gasteiger partial charge in [-0.25, -0.2) is 9.97 Å². The molecule has 0 fully saturated rings. The Hall–Kier alpha value is -2.73. The molecular weight excluding hydrogens is 344 g/mol. The van der Waals surface area contributed by atoms with E-state index in [1.165, 1.54) is 23.3 Å². The summed E-state index contributed by atoms with van der Waals surface area (Å²) < 4.78 is 5.76. The van der Waals surface area contributed by atoms with Crippen LogP contribution in [0.15, 0.2) is 41.3 Å². The number of benzene rings is 1. The zero-order valence-electron chi connectivity index (χ0n) is 14.2. The molecule has 1 aliphatic carbocycles. The van der Waals surface area contributed by atoms with Crippen LogP contribution in [-0.4, -0.2) is 22.8 Å². The van der Waals surface area contributed by atoms with Gasteiger partial charge < -0.3 is 4.74 Å². The van der Waals surface area contributed by atoms with Crippen molar-refractivity contribution < 1.29 is 4.74 Å². The van der Waals surface area contributed by atoms with Crippen molar-refractivity contribution in [1.82, 2.24) is 9.97 Å². The van der Waals surface area contributed by atoms with Crippen molar-refractivity contribution in [2.24, 2.45) is 5.10 Å². The second-order valence-corrected chi connectivity index (χ2v) is 7.61. The lowest BCUT2D eigenvalue weighted by atomic mass is 9.97. The van der Waals surface area contributed by atoms with Crippen molar-refractivity contribution in [1.29, 1.82) is 0 Å². The molecule has 0 spiro atoms. The molecule has 0 radical (unpaired) electrons. The van der Waals surface area contributed by atoms with E-state index in [2.05, 4.69) is 26.6 Å². The molecule has 1 aromatic carbocycles. The first kappa shape index (κ1) is 15.5. The molecule has 0 saturated heterocycles. The summed E-state index contributed by atoms with van der Waals surface area (Å²) in [5.74, 6) is 1.71. The van der Waals surface area contributed by atoms with Gasteiger partial charge in [0.1, 0.15) is 23.5 Å². The third kappa shape index (κ3) is 2.76. The molecule has 0 bridgehead atoms. The van der Waals surface area contributed by atoms with Crippen LogP contribution in [0, 0.1) is 0 Å². The number of hydrogen-bond acceptors (Lipinski definition) is 6. The van der Waals surface area contributed by atoms with Gasteiger partial charge in [0.2, 0.25) is 0 Å². The molecule has 6 heteroatoms. The molecule has 1 N–H and O–H groups in total. The van der Waals surface area contributed by atoms with Gasteiger partial charge in [0.05, 0.1) is 11.6 Å². The minimum absolute atomic E-state index is 0.523. The number of para-hydroxylation sites is 1. The van der Waals surface area contributed by atoms with Gasteiger partial charge in [-0.15, -0.1) is 11.3 Å². The standard InChI is InChI=1S/C20H18N4OS/c1-3-7-16-14(5-1)9-13(11-25-16)10-23-24-19-18-15-6-2-4-8-17(15)26-20(18)22-12-21-19/h1,3,5,7,9-10,12H,2,4,6,8,11H2,(H,21,22,24). The Bertz CT molecular complexity index is 1040. The molecule has 130 valence electrons. The summed E-state index contributed by atoms with van der Waals surface area (Å²) in [5, 5.41) is 5.55. The van der Waals surface area contributed by atoms with Crippen LogP contribution < -0.4 is 10.2 Å². The SMILES string of the molecule is C(=NNc1ncnc2sc3c(c12)CCCC3)C1=Cc2ccccc2OC1. The van der Waals surface area contributed by atoms with E-state index in [0.29, 0.717) is 6.61 Å². The van der Waals surface area contributed by atoms with Gasteiger partial charge in [0.15, 0.2) is 5.82 Å². The lowest BCUT2D eigenvalue weighted by Gasteiger charge is -2.15. The summed E-state index contributed by atoms with van der Waals surface area (Å²) in [6, 6.07) is 8.01. The highest BCUT2D eigenvalue weighted by Gasteiger charge is 2.19. The maximum Gasteiger partial charge on any atom is 0.158 e. The van der Waals surface area contributed by atoms with Crippen LogP contribution in [-0.2, 0) is 12.8 Å². The molecule has 5 nitrogen and oxygen atoms in total. The first-order valence-corrected chi connectivity index (χ1v) is 9.67. The molecule has 5 rings (SSSR count). The number of nitrogens with zero attached hydrogens (tertiary/aromatic N) is 3. The van der Waals surface area contributed by atoms with Gasteiger partial charge in [-0.05, 0) is 43.4 Å². The third-order valence-corrected chi connectivity index (χ3v) is 6.01. The molecule has 0 unspecified atom stereocenters. The number of ether oxygens (including phenoxy) is 1. The molecule has 3 heterocycles. The summed E-state index contributed by atoms with van der Waals surface area (Å²) >= 11 is 1.79. The van der Waals surface area contributed by atoms with E-state index in [4.69, 9.17) is 4.74 Å². The maximum atomic E-state index is 5.76. The summed E-state index contributed by atoms with van der Waals surface area (Å²) in [7, 11) is 0. The Morgan fingerprint density at radius 3 is 3.08 bits per heavy atom. The Morgan fingerprint density at radius 1 is 1.15 bits per heavy atom. The van der Waals surface area contributed by atoms with Gasteiger partial charge in [0.25, 0.3) is 0 Å². The summed E-state index contributed by atoms with van der Waals surface area (Å²) in [6.45, 7) is 0.523. The minimum Gasteiger partial charge on any atom is -0.488 e. The van der Waals surface area contributed by atoms with Gasteiger partial charge in [-0.1, -0.05) is 18.2 Å². The molecule has 0 atom stereocenters. The summed E-state index contributed by atoms with van der Waals surface area (Å²) in [5.41, 5.74) is 6.63. The van der Waals surface area contributed by atoms with Crippen molar-refractivity contribution in [3.8, 4) is 5.75 Å². The number of aryl methyl sites for hydroxylation is 2. The Balaban J connectivity index is 1.41. The smallest absolute Gasteiger partial charge is 0.158 e. The van der Waals surface area contributed by atoms with E-state index in [0.717, 1.165) is 45.8 Å².